The molecule has 1 saturated heterocycles. The van der Waals surface area contributed by atoms with Crippen LogP contribution in [-0.4, -0.2) is 17.7 Å². The Balaban J connectivity index is 1.21. The van der Waals surface area contributed by atoms with E-state index in [1.54, 1.807) is 24.3 Å². The average molecular weight is 458 g/mol. The predicted octanol–water partition coefficient (Wildman–Crippen LogP) is 4.31. The van der Waals surface area contributed by atoms with Crippen molar-refractivity contribution in [3.63, 3.8) is 0 Å². The molecule has 166 valence electrons. The molecule has 4 aliphatic rings. The summed E-state index contributed by atoms with van der Waals surface area (Å²) in [6.07, 6.45) is 7.92. The molecule has 0 radical (unpaired) electrons. The Kier molecular flexibility index (Phi) is 4.56. The van der Waals surface area contributed by atoms with E-state index in [1.165, 1.54) is 21.1 Å². The van der Waals surface area contributed by atoms with Gasteiger partial charge in [-0.3, -0.25) is 19.3 Å². The van der Waals surface area contributed by atoms with E-state index < -0.39 is 0 Å². The van der Waals surface area contributed by atoms with Gasteiger partial charge in [0.25, 0.3) is 5.91 Å². The lowest BCUT2D eigenvalue weighted by Crippen LogP contribution is -2.32. The number of imide groups is 1. The Morgan fingerprint density at radius 2 is 1.79 bits per heavy atom. The second-order valence-electron chi connectivity index (χ2n) is 9.68. The van der Waals surface area contributed by atoms with Crippen LogP contribution in [0.2, 0.25) is 0 Å². The highest BCUT2D eigenvalue weighted by atomic mass is 32.1. The monoisotopic (exact) mass is 457 g/mol. The molecule has 1 saturated carbocycles. The van der Waals surface area contributed by atoms with E-state index in [0.717, 1.165) is 31.2 Å². The Morgan fingerprint density at radius 1 is 1.12 bits per heavy atom. The lowest BCUT2D eigenvalue weighted by atomic mass is 9.85. The third-order valence-electron chi connectivity index (χ3n) is 7.71. The van der Waals surface area contributed by atoms with Crippen molar-refractivity contribution in [3.05, 3.63) is 58.0 Å². The van der Waals surface area contributed by atoms with E-state index in [9.17, 15) is 19.6 Å². The number of carbonyl (C=O) groups is 3. The van der Waals surface area contributed by atoms with Crippen molar-refractivity contribution >= 4 is 39.7 Å². The maximum atomic E-state index is 13.0. The first kappa shape index (κ1) is 20.4. The van der Waals surface area contributed by atoms with Gasteiger partial charge in [-0.05, 0) is 73.3 Å². The van der Waals surface area contributed by atoms with E-state index in [-0.39, 0.29) is 41.4 Å². The van der Waals surface area contributed by atoms with Crippen molar-refractivity contribution in [3.8, 4) is 6.07 Å². The van der Waals surface area contributed by atoms with Gasteiger partial charge in [0.2, 0.25) is 11.8 Å². The number of nitrogens with one attached hydrogen (secondary N) is 1. The first-order valence-electron chi connectivity index (χ1n) is 11.5. The molecule has 1 N–H and O–H groups in total. The maximum absolute atomic E-state index is 13.0. The number of hydrogen-bond donors (Lipinski definition) is 1. The van der Waals surface area contributed by atoms with Gasteiger partial charge < -0.3 is 5.32 Å². The molecule has 3 aliphatic carbocycles. The largest absolute Gasteiger partial charge is 0.312 e. The normalized spacial score (nSPS) is 29.2. The Labute approximate surface area is 195 Å². The van der Waals surface area contributed by atoms with Gasteiger partial charge in [0.15, 0.2) is 0 Å². The third-order valence-corrected chi connectivity index (χ3v) is 8.88. The number of rotatable bonds is 3. The number of amides is 3. The lowest BCUT2D eigenvalue weighted by Gasteiger charge is -2.17. The molecule has 3 amide bonds. The first-order chi connectivity index (χ1) is 16.0. The molecule has 1 aliphatic heterocycles. The van der Waals surface area contributed by atoms with E-state index in [2.05, 4.69) is 30.5 Å². The zero-order valence-electron chi connectivity index (χ0n) is 18.2. The Bertz CT molecular complexity index is 1240. The van der Waals surface area contributed by atoms with Gasteiger partial charge in [0, 0.05) is 10.4 Å². The number of anilines is 2. The fraction of sp³-hybridized carbons (Fsp3) is 0.385. The number of benzene rings is 1. The minimum absolute atomic E-state index is 0.129. The Hall–Kier alpha value is -3.24. The molecule has 1 aromatic carbocycles. The maximum Gasteiger partial charge on any atom is 0.256 e. The van der Waals surface area contributed by atoms with E-state index >= 15 is 0 Å². The lowest BCUT2D eigenvalue weighted by molar-refractivity contribution is -0.123. The van der Waals surface area contributed by atoms with Crippen LogP contribution >= 0.6 is 11.3 Å². The van der Waals surface area contributed by atoms with Crippen LogP contribution in [-0.2, 0) is 22.4 Å². The molecule has 5 unspecified atom stereocenters. The smallest absolute Gasteiger partial charge is 0.256 e. The van der Waals surface area contributed by atoms with Gasteiger partial charge in [0.1, 0.15) is 11.1 Å². The quantitative estimate of drug-likeness (QED) is 0.549. The van der Waals surface area contributed by atoms with Gasteiger partial charge in [0.05, 0.1) is 23.1 Å². The topological polar surface area (TPSA) is 90.3 Å². The molecule has 2 fully saturated rings. The molecule has 1 aromatic heterocycles. The van der Waals surface area contributed by atoms with Gasteiger partial charge in [-0.25, -0.2) is 0 Å². The van der Waals surface area contributed by atoms with E-state index in [4.69, 9.17) is 0 Å². The molecule has 6 nitrogen and oxygen atoms in total. The van der Waals surface area contributed by atoms with Crippen molar-refractivity contribution in [1.82, 2.24) is 0 Å². The zero-order chi connectivity index (χ0) is 22.9. The van der Waals surface area contributed by atoms with Crippen LogP contribution in [0.5, 0.6) is 0 Å². The van der Waals surface area contributed by atoms with Crippen molar-refractivity contribution in [2.45, 2.75) is 32.6 Å². The van der Waals surface area contributed by atoms with Crippen molar-refractivity contribution in [2.75, 3.05) is 10.2 Å². The summed E-state index contributed by atoms with van der Waals surface area (Å²) in [5.41, 5.74) is 2.58. The summed E-state index contributed by atoms with van der Waals surface area (Å²) in [5.74, 6) is -0.129. The van der Waals surface area contributed by atoms with Gasteiger partial charge in [-0.2, -0.15) is 5.26 Å². The summed E-state index contributed by atoms with van der Waals surface area (Å²) in [6.45, 7) is 2.21. The highest BCUT2D eigenvalue weighted by molar-refractivity contribution is 7.16. The summed E-state index contributed by atoms with van der Waals surface area (Å²) < 4.78 is 0. The van der Waals surface area contributed by atoms with Crippen LogP contribution in [0, 0.1) is 40.9 Å². The highest BCUT2D eigenvalue weighted by Crippen LogP contribution is 2.53. The standard InChI is InChI=1S/C26H23N3O3S/c1-13-2-9-18-19(12-27)24(33-20(18)10-13)28-23(30)14-5-7-17(8-6-14)29-25(31)21-15-3-4-16(11-15)22(21)26(29)32/h3-8,13,15-16,21-22H,2,9-11H2,1H3,(H,28,30). The summed E-state index contributed by atoms with van der Waals surface area (Å²) in [5, 5.41) is 13.2. The van der Waals surface area contributed by atoms with Crippen LogP contribution in [0.3, 0.4) is 0 Å². The van der Waals surface area contributed by atoms with Crippen LogP contribution < -0.4 is 10.2 Å². The number of hydrogen-bond acceptors (Lipinski definition) is 5. The number of fused-ring (bicyclic) bond motifs is 6. The summed E-state index contributed by atoms with van der Waals surface area (Å²) in [6, 6.07) is 8.86. The fourth-order valence-corrected chi connectivity index (χ4v) is 7.41. The highest BCUT2D eigenvalue weighted by Gasteiger charge is 2.59. The van der Waals surface area contributed by atoms with Gasteiger partial charge in [-0.1, -0.05) is 19.1 Å². The molecular weight excluding hydrogens is 434 g/mol. The van der Waals surface area contributed by atoms with Crippen LogP contribution in [0.25, 0.3) is 0 Å². The van der Waals surface area contributed by atoms with Crippen molar-refractivity contribution < 1.29 is 14.4 Å². The number of thiophene rings is 1. The molecule has 0 spiro atoms. The molecule has 2 heterocycles. The second kappa shape index (κ2) is 7.39. The number of carbonyl (C=O) groups excluding carboxylic acids is 3. The van der Waals surface area contributed by atoms with E-state index in [0.29, 0.717) is 27.7 Å². The Morgan fingerprint density at radius 3 is 2.42 bits per heavy atom. The SMILES string of the molecule is CC1CCc2c(sc(NC(=O)c3ccc(N4C(=O)C5C6C=CC(C6)C5C4=O)cc3)c2C#N)C1. The van der Waals surface area contributed by atoms with E-state index in [1.807, 2.05) is 0 Å². The predicted molar refractivity (Wildman–Crippen MR) is 125 cm³/mol. The molecule has 7 heteroatoms. The summed E-state index contributed by atoms with van der Waals surface area (Å²) >= 11 is 1.50. The fourth-order valence-electron chi connectivity index (χ4n) is 6.05. The zero-order valence-corrected chi connectivity index (χ0v) is 19.0. The minimum atomic E-state index is -0.303. The molecule has 6 rings (SSSR count). The third kappa shape index (κ3) is 3.01. The molecular formula is C26H23N3O3S. The summed E-state index contributed by atoms with van der Waals surface area (Å²) in [7, 11) is 0. The molecule has 2 aromatic rings. The molecule has 5 atom stereocenters. The van der Waals surface area contributed by atoms with Crippen molar-refractivity contribution in [2.24, 2.45) is 29.6 Å². The van der Waals surface area contributed by atoms with Crippen LogP contribution in [0.4, 0.5) is 10.7 Å². The average Bonchev–Trinajstić information content (AvgIpc) is 3.55. The first-order valence-corrected chi connectivity index (χ1v) is 12.3. The number of allylic oxidation sites excluding steroid dienone is 2. The van der Waals surface area contributed by atoms with Gasteiger partial charge in [-0.15, -0.1) is 11.3 Å². The molecule has 33 heavy (non-hydrogen) atoms. The second-order valence-corrected chi connectivity index (χ2v) is 10.8. The molecule has 2 bridgehead atoms. The summed E-state index contributed by atoms with van der Waals surface area (Å²) in [4.78, 5) is 41.4. The van der Waals surface area contributed by atoms with Crippen molar-refractivity contribution in [1.29, 1.82) is 5.26 Å². The number of nitriles is 1. The van der Waals surface area contributed by atoms with Gasteiger partial charge >= 0.3 is 0 Å². The van der Waals surface area contributed by atoms with Crippen LogP contribution in [0.1, 0.15) is 46.1 Å². The number of nitrogens with zero attached hydrogens (tertiary/aromatic N) is 2. The van der Waals surface area contributed by atoms with Crippen LogP contribution in [0.15, 0.2) is 36.4 Å². The minimum Gasteiger partial charge on any atom is -0.312 e.